The Morgan fingerprint density at radius 2 is 2.06 bits per heavy atom. The maximum Gasteiger partial charge on any atom is 0.332 e. The Kier molecular flexibility index (Phi) is 5.52. The highest BCUT2D eigenvalue weighted by Crippen LogP contribution is 2.21. The number of hydrogen-bond acceptors (Lipinski definition) is 5. The second kappa shape index (κ2) is 6.67. The van der Waals surface area contributed by atoms with Crippen molar-refractivity contribution < 1.29 is 29.3 Å². The molecule has 3 atom stereocenters. The first-order valence-corrected chi connectivity index (χ1v) is 5.76. The van der Waals surface area contributed by atoms with Crippen molar-refractivity contribution in [2.45, 2.75) is 31.2 Å². The van der Waals surface area contributed by atoms with E-state index in [0.717, 1.165) is 0 Å². The highest BCUT2D eigenvalue weighted by atomic mass is 16.5. The van der Waals surface area contributed by atoms with Gasteiger partial charge in [0.15, 0.2) is 6.10 Å². The molecular formula is C11H19NO6. The number of methoxy groups -OCH3 is 1. The van der Waals surface area contributed by atoms with Crippen LogP contribution in [-0.2, 0) is 19.1 Å². The molecule has 1 unspecified atom stereocenters. The van der Waals surface area contributed by atoms with Gasteiger partial charge in [-0.15, -0.1) is 0 Å². The number of amides is 1. The fourth-order valence-corrected chi connectivity index (χ4v) is 1.90. The van der Waals surface area contributed by atoms with Gasteiger partial charge in [0.05, 0.1) is 12.7 Å². The van der Waals surface area contributed by atoms with Gasteiger partial charge in [-0.05, 0) is 12.8 Å². The van der Waals surface area contributed by atoms with E-state index in [9.17, 15) is 14.7 Å². The van der Waals surface area contributed by atoms with E-state index in [1.54, 1.807) is 7.05 Å². The number of carbonyl (C=O) groups excluding carboxylic acids is 1. The molecule has 1 rings (SSSR count). The topological polar surface area (TPSA) is 96.3 Å². The summed E-state index contributed by atoms with van der Waals surface area (Å²) in [7, 11) is 3.00. The standard InChI is InChI=1S/C11H19NO6/c1-12(5-7(13)6-17-2)10(14)8-3-4-9(18-8)11(15)16/h7-9,13H,3-6H2,1-2H3,(H,15,16)/t7?,8-,9+/m0/s1. The van der Waals surface area contributed by atoms with Crippen LogP contribution in [0.3, 0.4) is 0 Å². The van der Waals surface area contributed by atoms with E-state index in [1.807, 2.05) is 0 Å². The van der Waals surface area contributed by atoms with Crippen molar-refractivity contribution in [1.29, 1.82) is 0 Å². The smallest absolute Gasteiger partial charge is 0.332 e. The first kappa shape index (κ1) is 14.9. The average molecular weight is 261 g/mol. The Labute approximate surface area is 105 Å². The quantitative estimate of drug-likeness (QED) is 0.642. The van der Waals surface area contributed by atoms with Crippen molar-refractivity contribution in [1.82, 2.24) is 4.90 Å². The molecule has 1 aliphatic heterocycles. The number of likely N-dealkylation sites (N-methyl/N-ethyl adjacent to an activating group) is 1. The predicted octanol–water partition coefficient (Wildman–Crippen LogP) is -0.916. The Bertz CT molecular complexity index is 308. The zero-order valence-corrected chi connectivity index (χ0v) is 10.5. The molecule has 0 spiro atoms. The van der Waals surface area contributed by atoms with Crippen LogP contribution in [0, 0.1) is 0 Å². The summed E-state index contributed by atoms with van der Waals surface area (Å²) in [6.45, 7) is 0.269. The van der Waals surface area contributed by atoms with E-state index in [2.05, 4.69) is 0 Å². The van der Waals surface area contributed by atoms with Crippen LogP contribution in [-0.4, -0.2) is 72.6 Å². The SMILES string of the molecule is COCC(O)CN(C)C(=O)[C@@H]1CC[C@H](C(=O)O)O1. The Hall–Kier alpha value is -1.18. The third-order valence-corrected chi connectivity index (χ3v) is 2.79. The number of aliphatic hydroxyl groups excluding tert-OH is 1. The second-order valence-corrected chi connectivity index (χ2v) is 4.36. The van der Waals surface area contributed by atoms with Crippen LogP contribution in [0.2, 0.25) is 0 Å². The largest absolute Gasteiger partial charge is 0.479 e. The number of aliphatic hydroxyl groups is 1. The Balaban J connectivity index is 2.42. The summed E-state index contributed by atoms with van der Waals surface area (Å²) in [5, 5.41) is 18.3. The van der Waals surface area contributed by atoms with Gasteiger partial charge < -0.3 is 24.6 Å². The Morgan fingerprint density at radius 3 is 2.56 bits per heavy atom. The fourth-order valence-electron chi connectivity index (χ4n) is 1.90. The van der Waals surface area contributed by atoms with Crippen LogP contribution in [0.1, 0.15) is 12.8 Å². The van der Waals surface area contributed by atoms with Gasteiger partial charge in [0.2, 0.25) is 0 Å². The lowest BCUT2D eigenvalue weighted by Gasteiger charge is -2.23. The zero-order valence-electron chi connectivity index (χ0n) is 10.5. The van der Waals surface area contributed by atoms with Crippen LogP contribution in [0.25, 0.3) is 0 Å². The van der Waals surface area contributed by atoms with Crippen LogP contribution in [0.5, 0.6) is 0 Å². The van der Waals surface area contributed by atoms with Crippen molar-refractivity contribution in [3.63, 3.8) is 0 Å². The number of nitrogens with zero attached hydrogens (tertiary/aromatic N) is 1. The minimum absolute atomic E-state index is 0.129. The second-order valence-electron chi connectivity index (χ2n) is 4.36. The molecule has 0 aliphatic carbocycles. The van der Waals surface area contributed by atoms with E-state index in [-0.39, 0.29) is 19.1 Å². The molecule has 104 valence electrons. The molecule has 0 aromatic heterocycles. The van der Waals surface area contributed by atoms with Crippen molar-refractivity contribution in [3.05, 3.63) is 0 Å². The van der Waals surface area contributed by atoms with Gasteiger partial charge in [0, 0.05) is 20.7 Å². The van der Waals surface area contributed by atoms with E-state index in [1.165, 1.54) is 12.0 Å². The number of ether oxygens (including phenoxy) is 2. The van der Waals surface area contributed by atoms with Crippen molar-refractivity contribution in [2.75, 3.05) is 27.3 Å². The molecule has 0 aromatic carbocycles. The lowest BCUT2D eigenvalue weighted by atomic mass is 10.2. The zero-order chi connectivity index (χ0) is 13.7. The van der Waals surface area contributed by atoms with Gasteiger partial charge in [-0.25, -0.2) is 4.79 Å². The van der Waals surface area contributed by atoms with Crippen LogP contribution < -0.4 is 0 Å². The van der Waals surface area contributed by atoms with Gasteiger partial charge in [0.25, 0.3) is 5.91 Å². The molecule has 1 aliphatic rings. The normalized spacial score (nSPS) is 24.8. The monoisotopic (exact) mass is 261 g/mol. The lowest BCUT2D eigenvalue weighted by Crippen LogP contribution is -2.42. The molecular weight excluding hydrogens is 242 g/mol. The first-order valence-electron chi connectivity index (χ1n) is 5.76. The molecule has 2 N–H and O–H groups in total. The minimum Gasteiger partial charge on any atom is -0.479 e. The summed E-state index contributed by atoms with van der Waals surface area (Å²) >= 11 is 0. The van der Waals surface area contributed by atoms with Crippen LogP contribution >= 0.6 is 0 Å². The predicted molar refractivity (Wildman–Crippen MR) is 61.1 cm³/mol. The number of hydrogen-bond donors (Lipinski definition) is 2. The average Bonchev–Trinajstić information content (AvgIpc) is 2.77. The number of aliphatic carboxylic acids is 1. The Morgan fingerprint density at radius 1 is 1.44 bits per heavy atom. The number of carboxylic acids is 1. The highest BCUT2D eigenvalue weighted by molar-refractivity contribution is 5.82. The summed E-state index contributed by atoms with van der Waals surface area (Å²) in [5.41, 5.74) is 0. The maximum atomic E-state index is 11.9. The highest BCUT2D eigenvalue weighted by Gasteiger charge is 2.36. The van der Waals surface area contributed by atoms with E-state index in [0.29, 0.717) is 12.8 Å². The summed E-state index contributed by atoms with van der Waals surface area (Å²) in [5.74, 6) is -1.36. The van der Waals surface area contributed by atoms with E-state index in [4.69, 9.17) is 14.6 Å². The number of rotatable bonds is 6. The maximum absolute atomic E-state index is 11.9. The van der Waals surface area contributed by atoms with Gasteiger partial charge in [0.1, 0.15) is 6.10 Å². The fraction of sp³-hybridized carbons (Fsp3) is 0.818. The third kappa shape index (κ3) is 3.94. The van der Waals surface area contributed by atoms with E-state index >= 15 is 0 Å². The summed E-state index contributed by atoms with van der Waals surface area (Å²) in [6.07, 6.45) is -1.68. The van der Waals surface area contributed by atoms with Crippen molar-refractivity contribution in [2.24, 2.45) is 0 Å². The molecule has 1 heterocycles. The molecule has 0 saturated carbocycles. The van der Waals surface area contributed by atoms with Crippen molar-refractivity contribution in [3.8, 4) is 0 Å². The van der Waals surface area contributed by atoms with Crippen LogP contribution in [0.4, 0.5) is 0 Å². The summed E-state index contributed by atoms with van der Waals surface area (Å²) < 4.78 is 9.90. The number of carbonyl (C=O) groups is 2. The van der Waals surface area contributed by atoms with Crippen LogP contribution in [0.15, 0.2) is 0 Å². The van der Waals surface area contributed by atoms with Crippen molar-refractivity contribution >= 4 is 11.9 Å². The van der Waals surface area contributed by atoms with Gasteiger partial charge in [-0.2, -0.15) is 0 Å². The molecule has 1 amide bonds. The molecule has 1 saturated heterocycles. The molecule has 0 bridgehead atoms. The van der Waals surface area contributed by atoms with Gasteiger partial charge >= 0.3 is 5.97 Å². The van der Waals surface area contributed by atoms with Gasteiger partial charge in [-0.1, -0.05) is 0 Å². The van der Waals surface area contributed by atoms with Gasteiger partial charge in [-0.3, -0.25) is 4.79 Å². The molecule has 0 aromatic rings. The molecule has 1 fully saturated rings. The molecule has 0 radical (unpaired) electrons. The lowest BCUT2D eigenvalue weighted by molar-refractivity contribution is -0.154. The summed E-state index contributed by atoms with van der Waals surface area (Å²) in [6, 6.07) is 0. The minimum atomic E-state index is -1.05. The molecule has 7 heteroatoms. The number of carboxylic acid groups (broad SMARTS) is 1. The summed E-state index contributed by atoms with van der Waals surface area (Å²) in [4.78, 5) is 23.9. The molecule has 18 heavy (non-hydrogen) atoms. The third-order valence-electron chi connectivity index (χ3n) is 2.79. The first-order chi connectivity index (χ1) is 8.45. The molecule has 7 nitrogen and oxygen atoms in total. The van der Waals surface area contributed by atoms with E-state index < -0.39 is 24.3 Å².